The first-order chi connectivity index (χ1) is 16.0. The van der Waals surface area contributed by atoms with Crippen LogP contribution < -0.4 is 11.1 Å². The number of aliphatic hydroxyl groups is 1. The van der Waals surface area contributed by atoms with Crippen molar-refractivity contribution in [2.45, 2.75) is 25.3 Å². The molecule has 2 fully saturated rings. The Balaban J connectivity index is 1.46. The number of fused-ring (bicyclic) bond motifs is 1. The van der Waals surface area contributed by atoms with Gasteiger partial charge >= 0.3 is 0 Å². The third-order valence-electron chi connectivity index (χ3n) is 6.33. The molecule has 1 saturated carbocycles. The van der Waals surface area contributed by atoms with Crippen molar-refractivity contribution < 1.29 is 19.1 Å². The van der Waals surface area contributed by atoms with E-state index >= 15 is 0 Å². The number of benzene rings is 1. The van der Waals surface area contributed by atoms with Gasteiger partial charge in [-0.05, 0) is 43.4 Å². The summed E-state index contributed by atoms with van der Waals surface area (Å²) in [6.45, 7) is 2.42. The van der Waals surface area contributed by atoms with Crippen LogP contribution in [-0.4, -0.2) is 64.8 Å². The number of nitrogens with one attached hydrogen (secondary N) is 1. The normalized spacial score (nSPS) is 21.0. The van der Waals surface area contributed by atoms with Crippen molar-refractivity contribution >= 4 is 40.2 Å². The number of halogens is 1. The Morgan fingerprint density at radius 1 is 1.24 bits per heavy atom. The molecule has 2 aliphatic rings. The van der Waals surface area contributed by atoms with Crippen LogP contribution in [0.25, 0.3) is 22.3 Å². The van der Waals surface area contributed by atoms with E-state index in [1.165, 1.54) is 0 Å². The number of hydrogen-bond donors (Lipinski definition) is 3. The zero-order valence-corrected chi connectivity index (χ0v) is 18.8. The van der Waals surface area contributed by atoms with Crippen molar-refractivity contribution in [3.05, 3.63) is 35.0 Å². The minimum absolute atomic E-state index is 0.0472. The summed E-state index contributed by atoms with van der Waals surface area (Å²) in [7, 11) is 0. The number of carbonyl (C=O) groups excluding carboxylic acids is 1. The maximum absolute atomic E-state index is 12.9. The molecular formula is C23H26ClN5O4. The predicted octanol–water partition coefficient (Wildman–Crippen LogP) is 3.17. The van der Waals surface area contributed by atoms with Crippen LogP contribution in [-0.2, 0) is 4.74 Å². The fourth-order valence-electron chi connectivity index (χ4n) is 4.57. The summed E-state index contributed by atoms with van der Waals surface area (Å²) >= 11 is 6.48. The molecule has 0 unspecified atom stereocenters. The third kappa shape index (κ3) is 4.48. The fraction of sp³-hybridized carbons (Fsp3) is 0.435. The Morgan fingerprint density at radius 2 is 2.06 bits per heavy atom. The van der Waals surface area contributed by atoms with Crippen LogP contribution in [0.3, 0.4) is 0 Å². The Hall–Kier alpha value is -2.88. The zero-order chi connectivity index (χ0) is 22.9. The molecule has 0 spiro atoms. The Kier molecular flexibility index (Phi) is 6.09. The number of amides is 1. The van der Waals surface area contributed by atoms with Crippen molar-refractivity contribution in [2.24, 2.45) is 5.92 Å². The molecule has 0 radical (unpaired) electrons. The molecule has 2 atom stereocenters. The molecule has 9 nitrogen and oxygen atoms in total. The SMILES string of the molecule is Nc1nc(Cl)c(-c2cc3ccc(C(=O)N4CCOCC4)cc3o2)c(N[C@H]2CC[C@@H](CO)C2)n1. The van der Waals surface area contributed by atoms with Gasteiger partial charge in [-0.25, -0.2) is 4.98 Å². The van der Waals surface area contributed by atoms with Crippen molar-refractivity contribution in [2.75, 3.05) is 44.0 Å². The minimum Gasteiger partial charge on any atom is -0.456 e. The number of morpholine rings is 1. The number of aliphatic hydroxyl groups excluding tert-OH is 1. The fourth-order valence-corrected chi connectivity index (χ4v) is 4.84. The molecule has 0 bridgehead atoms. The van der Waals surface area contributed by atoms with E-state index in [1.807, 2.05) is 12.1 Å². The van der Waals surface area contributed by atoms with E-state index in [0.717, 1.165) is 24.6 Å². The molecule has 1 saturated heterocycles. The highest BCUT2D eigenvalue weighted by Crippen LogP contribution is 2.38. The summed E-state index contributed by atoms with van der Waals surface area (Å²) in [6.07, 6.45) is 2.70. The lowest BCUT2D eigenvalue weighted by Crippen LogP contribution is -2.40. The van der Waals surface area contributed by atoms with Gasteiger partial charge in [-0.15, -0.1) is 0 Å². The van der Waals surface area contributed by atoms with E-state index in [2.05, 4.69) is 15.3 Å². The van der Waals surface area contributed by atoms with Gasteiger partial charge in [-0.2, -0.15) is 4.98 Å². The van der Waals surface area contributed by atoms with Crippen molar-refractivity contribution in [3.8, 4) is 11.3 Å². The monoisotopic (exact) mass is 471 g/mol. The number of furan rings is 1. The van der Waals surface area contributed by atoms with Gasteiger partial charge in [0.15, 0.2) is 0 Å². The summed E-state index contributed by atoms with van der Waals surface area (Å²) in [5, 5.41) is 13.9. The van der Waals surface area contributed by atoms with Gasteiger partial charge in [-0.3, -0.25) is 4.79 Å². The van der Waals surface area contributed by atoms with Crippen LogP contribution in [0.4, 0.5) is 11.8 Å². The number of nitrogen functional groups attached to an aromatic ring is 1. The van der Waals surface area contributed by atoms with E-state index < -0.39 is 0 Å². The Labute approximate surface area is 195 Å². The number of hydrogen-bond acceptors (Lipinski definition) is 8. The molecule has 1 aromatic carbocycles. The van der Waals surface area contributed by atoms with Crippen LogP contribution in [0, 0.1) is 5.92 Å². The first-order valence-corrected chi connectivity index (χ1v) is 11.5. The second-order valence-electron chi connectivity index (χ2n) is 8.57. The highest BCUT2D eigenvalue weighted by Gasteiger charge is 2.27. The number of carbonyl (C=O) groups is 1. The summed E-state index contributed by atoms with van der Waals surface area (Å²) in [6, 6.07) is 7.41. The lowest BCUT2D eigenvalue weighted by atomic mass is 10.1. The number of nitrogens with two attached hydrogens (primary N) is 1. The molecule has 4 N–H and O–H groups in total. The van der Waals surface area contributed by atoms with Gasteiger partial charge in [-0.1, -0.05) is 17.7 Å². The van der Waals surface area contributed by atoms with Crippen molar-refractivity contribution in [3.63, 3.8) is 0 Å². The molecule has 174 valence electrons. The molecule has 3 aromatic rings. The van der Waals surface area contributed by atoms with Gasteiger partial charge in [0.05, 0.1) is 18.8 Å². The first kappa shape index (κ1) is 21.9. The van der Waals surface area contributed by atoms with Gasteiger partial charge < -0.3 is 30.2 Å². The van der Waals surface area contributed by atoms with Crippen molar-refractivity contribution in [1.29, 1.82) is 0 Å². The average Bonchev–Trinajstić information content (AvgIpc) is 3.44. The van der Waals surface area contributed by atoms with Gasteiger partial charge in [0, 0.05) is 36.7 Å². The van der Waals surface area contributed by atoms with Gasteiger partial charge in [0.2, 0.25) is 5.95 Å². The average molecular weight is 472 g/mol. The highest BCUT2D eigenvalue weighted by atomic mass is 35.5. The van der Waals surface area contributed by atoms with E-state index in [4.69, 9.17) is 26.5 Å². The second-order valence-corrected chi connectivity index (χ2v) is 8.92. The summed E-state index contributed by atoms with van der Waals surface area (Å²) in [5.41, 5.74) is 7.52. The molecule has 33 heavy (non-hydrogen) atoms. The Bertz CT molecular complexity index is 1180. The summed E-state index contributed by atoms with van der Waals surface area (Å²) in [5.74, 6) is 1.28. The molecule has 2 aromatic heterocycles. The number of rotatable bonds is 5. The van der Waals surface area contributed by atoms with E-state index in [-0.39, 0.29) is 35.6 Å². The molecule has 1 aliphatic heterocycles. The second kappa shape index (κ2) is 9.17. The number of aromatic nitrogens is 2. The predicted molar refractivity (Wildman–Crippen MR) is 125 cm³/mol. The van der Waals surface area contributed by atoms with E-state index in [1.54, 1.807) is 17.0 Å². The van der Waals surface area contributed by atoms with Gasteiger partial charge in [0.1, 0.15) is 22.3 Å². The Morgan fingerprint density at radius 3 is 2.82 bits per heavy atom. The lowest BCUT2D eigenvalue weighted by molar-refractivity contribution is 0.0303. The maximum Gasteiger partial charge on any atom is 0.254 e. The quantitative estimate of drug-likeness (QED) is 0.484. The van der Waals surface area contributed by atoms with E-state index in [0.29, 0.717) is 54.6 Å². The lowest BCUT2D eigenvalue weighted by Gasteiger charge is -2.26. The van der Waals surface area contributed by atoms with Crippen LogP contribution in [0.2, 0.25) is 5.15 Å². The van der Waals surface area contributed by atoms with Gasteiger partial charge in [0.25, 0.3) is 5.91 Å². The van der Waals surface area contributed by atoms with Crippen LogP contribution in [0.5, 0.6) is 0 Å². The zero-order valence-electron chi connectivity index (χ0n) is 18.1. The van der Waals surface area contributed by atoms with E-state index in [9.17, 15) is 9.90 Å². The number of anilines is 2. The topological polar surface area (TPSA) is 127 Å². The largest absolute Gasteiger partial charge is 0.456 e. The molecule has 3 heterocycles. The third-order valence-corrected chi connectivity index (χ3v) is 6.61. The summed E-state index contributed by atoms with van der Waals surface area (Å²) < 4.78 is 11.5. The summed E-state index contributed by atoms with van der Waals surface area (Å²) in [4.78, 5) is 23.1. The number of nitrogens with zero attached hydrogens (tertiary/aromatic N) is 3. The molecule has 1 amide bonds. The maximum atomic E-state index is 12.9. The van der Waals surface area contributed by atoms with Crippen molar-refractivity contribution in [1.82, 2.24) is 14.9 Å². The standard InChI is InChI=1S/C23H26ClN5O4/c24-20-19(21(28-23(25)27-20)26-16-4-1-13(9-16)12-30)18-10-14-2-3-15(11-17(14)33-18)22(31)29-5-7-32-8-6-29/h2-3,10-11,13,16,30H,1,4-9,12H2,(H3,25,26,27,28)/t13-,16+/m1/s1. The van der Waals surface area contributed by atoms with Crippen LogP contribution in [0.1, 0.15) is 29.6 Å². The molecule has 1 aliphatic carbocycles. The highest BCUT2D eigenvalue weighted by molar-refractivity contribution is 6.32. The van der Waals surface area contributed by atoms with Crippen LogP contribution in [0.15, 0.2) is 28.7 Å². The molecule has 10 heteroatoms. The molecule has 5 rings (SSSR count). The minimum atomic E-state index is -0.0472. The smallest absolute Gasteiger partial charge is 0.254 e. The van der Waals surface area contributed by atoms with Crippen LogP contribution >= 0.6 is 11.6 Å². The first-order valence-electron chi connectivity index (χ1n) is 11.1. The molecular weight excluding hydrogens is 446 g/mol. The number of ether oxygens (including phenoxy) is 1.